The van der Waals surface area contributed by atoms with Gasteiger partial charge in [0.05, 0.1) is 6.54 Å². The van der Waals surface area contributed by atoms with Crippen molar-refractivity contribution in [3.8, 4) is 0 Å². The van der Waals surface area contributed by atoms with Crippen LogP contribution in [0.5, 0.6) is 0 Å². The number of hydrogen-bond donors (Lipinski definition) is 1. The normalized spacial score (nSPS) is 10.3. The van der Waals surface area contributed by atoms with Gasteiger partial charge in [-0.15, -0.1) is 6.58 Å². The van der Waals surface area contributed by atoms with Gasteiger partial charge in [-0.3, -0.25) is 4.68 Å². The van der Waals surface area contributed by atoms with Crippen LogP contribution in [0.3, 0.4) is 0 Å². The van der Waals surface area contributed by atoms with Crippen LogP contribution in [0.4, 0.5) is 0 Å². The Morgan fingerprint density at radius 3 is 3.08 bits per heavy atom. The molecular weight excluding hydrogens is 164 g/mol. The third kappa shape index (κ3) is 3.38. The molecule has 0 spiro atoms. The van der Waals surface area contributed by atoms with E-state index in [9.17, 15) is 0 Å². The van der Waals surface area contributed by atoms with Gasteiger partial charge in [-0.05, 0) is 20.4 Å². The van der Waals surface area contributed by atoms with Crippen molar-refractivity contribution >= 4 is 0 Å². The van der Waals surface area contributed by atoms with Crippen LogP contribution < -0.4 is 5.32 Å². The molecule has 1 heterocycles. The predicted octanol–water partition coefficient (Wildman–Crippen LogP) is 0.964. The second-order valence-corrected chi connectivity index (χ2v) is 3.16. The molecule has 4 heteroatoms. The minimum Gasteiger partial charge on any atom is -0.313 e. The Labute approximate surface area is 78.7 Å². The van der Waals surface area contributed by atoms with Crippen LogP contribution in [0, 0.1) is 0 Å². The molecule has 1 aromatic rings. The monoisotopic (exact) mass is 180 g/mol. The Morgan fingerprint density at radius 2 is 2.46 bits per heavy atom. The van der Waals surface area contributed by atoms with Crippen molar-refractivity contribution in [3.05, 3.63) is 24.3 Å². The van der Waals surface area contributed by atoms with Crippen LogP contribution >= 0.6 is 0 Å². The predicted molar refractivity (Wildman–Crippen MR) is 52.2 cm³/mol. The topological polar surface area (TPSA) is 42.7 Å². The maximum Gasteiger partial charge on any atom is 0.164 e. The minimum absolute atomic E-state index is 0.722. The Morgan fingerprint density at radius 1 is 1.69 bits per heavy atom. The number of nitrogens with zero attached hydrogens (tertiary/aromatic N) is 3. The maximum absolute atomic E-state index is 4.27. The summed E-state index contributed by atoms with van der Waals surface area (Å²) in [5.74, 6) is 0.837. The zero-order chi connectivity index (χ0) is 9.68. The number of allylic oxidation sites excluding steroid dienone is 1. The standard InChI is InChI=1S/C9H16N4/c1-8(2)4-5-13-7-11-9(12-13)6-10-3/h7,10H,1,4-6H2,2-3H3. The molecule has 4 nitrogen and oxygen atoms in total. The molecule has 0 amide bonds. The summed E-state index contributed by atoms with van der Waals surface area (Å²) in [6, 6.07) is 0. The molecule has 0 saturated carbocycles. The van der Waals surface area contributed by atoms with E-state index in [1.165, 1.54) is 5.57 Å². The van der Waals surface area contributed by atoms with E-state index in [1.54, 1.807) is 6.33 Å². The molecule has 0 atom stereocenters. The van der Waals surface area contributed by atoms with Crippen molar-refractivity contribution in [1.29, 1.82) is 0 Å². The lowest BCUT2D eigenvalue weighted by molar-refractivity contribution is 0.598. The lowest BCUT2D eigenvalue weighted by Crippen LogP contribution is -2.07. The van der Waals surface area contributed by atoms with Crippen LogP contribution in [-0.2, 0) is 13.1 Å². The molecule has 0 fully saturated rings. The average Bonchev–Trinajstić information content (AvgIpc) is 2.50. The number of aryl methyl sites for hydroxylation is 1. The zero-order valence-electron chi connectivity index (χ0n) is 8.25. The Bertz CT molecular complexity index is 277. The van der Waals surface area contributed by atoms with E-state index >= 15 is 0 Å². The SMILES string of the molecule is C=C(C)CCn1cnc(CNC)n1. The molecule has 0 saturated heterocycles. The first-order valence-electron chi connectivity index (χ1n) is 4.39. The van der Waals surface area contributed by atoms with Gasteiger partial charge in [0.15, 0.2) is 5.82 Å². The molecule has 1 rings (SSSR count). The molecule has 0 unspecified atom stereocenters. The first-order valence-corrected chi connectivity index (χ1v) is 4.39. The summed E-state index contributed by atoms with van der Waals surface area (Å²) in [4.78, 5) is 4.14. The van der Waals surface area contributed by atoms with Gasteiger partial charge in [0.1, 0.15) is 6.33 Å². The van der Waals surface area contributed by atoms with Crippen molar-refractivity contribution in [2.24, 2.45) is 0 Å². The van der Waals surface area contributed by atoms with Gasteiger partial charge in [0.2, 0.25) is 0 Å². The van der Waals surface area contributed by atoms with Crippen molar-refractivity contribution in [2.45, 2.75) is 26.4 Å². The van der Waals surface area contributed by atoms with Crippen LogP contribution in [0.1, 0.15) is 19.2 Å². The highest BCUT2D eigenvalue weighted by atomic mass is 15.3. The van der Waals surface area contributed by atoms with Gasteiger partial charge in [-0.2, -0.15) is 5.10 Å². The van der Waals surface area contributed by atoms with Crippen molar-refractivity contribution in [3.63, 3.8) is 0 Å². The van der Waals surface area contributed by atoms with E-state index < -0.39 is 0 Å². The third-order valence-electron chi connectivity index (χ3n) is 1.69. The summed E-state index contributed by atoms with van der Waals surface area (Å²) in [5, 5.41) is 7.28. The second kappa shape index (κ2) is 4.77. The molecule has 0 radical (unpaired) electrons. The Hall–Kier alpha value is -1.16. The van der Waals surface area contributed by atoms with E-state index in [-0.39, 0.29) is 0 Å². The molecule has 0 aliphatic rings. The zero-order valence-corrected chi connectivity index (χ0v) is 8.25. The molecular formula is C9H16N4. The minimum atomic E-state index is 0.722. The van der Waals surface area contributed by atoms with Gasteiger partial charge < -0.3 is 5.32 Å². The fourth-order valence-corrected chi connectivity index (χ4v) is 0.985. The van der Waals surface area contributed by atoms with Crippen LogP contribution in [0.15, 0.2) is 18.5 Å². The first-order chi connectivity index (χ1) is 6.22. The largest absolute Gasteiger partial charge is 0.313 e. The van der Waals surface area contributed by atoms with Crippen molar-refractivity contribution < 1.29 is 0 Å². The van der Waals surface area contributed by atoms with E-state index in [2.05, 4.69) is 22.0 Å². The molecule has 1 N–H and O–H groups in total. The van der Waals surface area contributed by atoms with E-state index in [0.29, 0.717) is 0 Å². The van der Waals surface area contributed by atoms with Crippen LogP contribution in [0.2, 0.25) is 0 Å². The summed E-state index contributed by atoms with van der Waals surface area (Å²) < 4.78 is 1.85. The molecule has 0 aliphatic heterocycles. The highest BCUT2D eigenvalue weighted by molar-refractivity contribution is 4.88. The van der Waals surface area contributed by atoms with Crippen LogP contribution in [-0.4, -0.2) is 21.8 Å². The molecule has 1 aromatic heterocycles. The fourth-order valence-electron chi connectivity index (χ4n) is 0.985. The van der Waals surface area contributed by atoms with E-state index in [0.717, 1.165) is 25.3 Å². The molecule has 0 aliphatic carbocycles. The molecule has 72 valence electrons. The summed E-state index contributed by atoms with van der Waals surface area (Å²) in [6.07, 6.45) is 2.72. The number of nitrogens with one attached hydrogen (secondary N) is 1. The number of hydrogen-bond acceptors (Lipinski definition) is 3. The lowest BCUT2D eigenvalue weighted by atomic mass is 10.2. The van der Waals surface area contributed by atoms with E-state index in [1.807, 2.05) is 18.7 Å². The average molecular weight is 180 g/mol. The molecule has 0 aromatic carbocycles. The first kappa shape index (κ1) is 9.92. The Balaban J connectivity index is 2.44. The fraction of sp³-hybridized carbons (Fsp3) is 0.556. The second-order valence-electron chi connectivity index (χ2n) is 3.16. The van der Waals surface area contributed by atoms with Crippen molar-refractivity contribution in [2.75, 3.05) is 7.05 Å². The highest BCUT2D eigenvalue weighted by Gasteiger charge is 1.98. The summed E-state index contributed by atoms with van der Waals surface area (Å²) in [6.45, 7) is 7.45. The number of aromatic nitrogens is 3. The van der Waals surface area contributed by atoms with Gasteiger partial charge in [0.25, 0.3) is 0 Å². The van der Waals surface area contributed by atoms with Gasteiger partial charge in [0, 0.05) is 6.54 Å². The summed E-state index contributed by atoms with van der Waals surface area (Å²) in [5.41, 5.74) is 1.17. The quantitative estimate of drug-likeness (QED) is 0.686. The van der Waals surface area contributed by atoms with Gasteiger partial charge in [-0.25, -0.2) is 4.98 Å². The lowest BCUT2D eigenvalue weighted by Gasteiger charge is -1.98. The maximum atomic E-state index is 4.27. The summed E-state index contributed by atoms with van der Waals surface area (Å²) >= 11 is 0. The number of rotatable bonds is 5. The van der Waals surface area contributed by atoms with Gasteiger partial charge >= 0.3 is 0 Å². The molecule has 13 heavy (non-hydrogen) atoms. The molecule has 0 bridgehead atoms. The van der Waals surface area contributed by atoms with E-state index in [4.69, 9.17) is 0 Å². The summed E-state index contributed by atoms with van der Waals surface area (Å²) in [7, 11) is 1.88. The van der Waals surface area contributed by atoms with Gasteiger partial charge in [-0.1, -0.05) is 5.57 Å². The third-order valence-corrected chi connectivity index (χ3v) is 1.69. The van der Waals surface area contributed by atoms with Crippen LogP contribution in [0.25, 0.3) is 0 Å². The smallest absolute Gasteiger partial charge is 0.164 e. The highest BCUT2D eigenvalue weighted by Crippen LogP contribution is 1.98. The Kier molecular flexibility index (Phi) is 3.64. The van der Waals surface area contributed by atoms with Crippen molar-refractivity contribution in [1.82, 2.24) is 20.1 Å².